The summed E-state index contributed by atoms with van der Waals surface area (Å²) in [7, 11) is 0. The molecule has 1 atom stereocenters. The molecule has 0 fully saturated rings. The molecule has 3 heterocycles. The maximum atomic E-state index is 5.66. The Bertz CT molecular complexity index is 482. The third kappa shape index (κ3) is 2.14. The van der Waals surface area contributed by atoms with Crippen molar-refractivity contribution in [2.75, 3.05) is 13.2 Å². The molecule has 5 heteroatoms. The molecular weight excluding hydrogens is 216 g/mol. The van der Waals surface area contributed by atoms with E-state index in [2.05, 4.69) is 15.4 Å². The van der Waals surface area contributed by atoms with Crippen LogP contribution in [0.5, 0.6) is 5.88 Å². The minimum absolute atomic E-state index is 0.232. The van der Waals surface area contributed by atoms with Gasteiger partial charge in [-0.3, -0.25) is 4.68 Å². The van der Waals surface area contributed by atoms with Gasteiger partial charge in [0, 0.05) is 31.5 Å². The van der Waals surface area contributed by atoms with Gasteiger partial charge in [0.25, 0.3) is 0 Å². The van der Waals surface area contributed by atoms with Gasteiger partial charge in [-0.15, -0.1) is 0 Å². The Morgan fingerprint density at radius 1 is 1.35 bits per heavy atom. The molecule has 5 nitrogen and oxygen atoms in total. The van der Waals surface area contributed by atoms with E-state index in [1.54, 1.807) is 6.20 Å². The monoisotopic (exact) mass is 230 g/mol. The maximum absolute atomic E-state index is 5.66. The van der Waals surface area contributed by atoms with Crippen LogP contribution in [0.2, 0.25) is 0 Å². The SMILES string of the molecule is c1ccc(OCC2CNCc3ccnn32)nc1. The first kappa shape index (κ1) is 10.3. The largest absolute Gasteiger partial charge is 0.475 e. The molecule has 1 N–H and O–H groups in total. The van der Waals surface area contributed by atoms with Gasteiger partial charge < -0.3 is 10.1 Å². The molecule has 0 aromatic carbocycles. The molecule has 1 aliphatic rings. The van der Waals surface area contributed by atoms with Crippen LogP contribution >= 0.6 is 0 Å². The zero-order valence-electron chi connectivity index (χ0n) is 9.41. The Morgan fingerprint density at radius 3 is 3.24 bits per heavy atom. The second-order valence-corrected chi connectivity index (χ2v) is 4.03. The molecule has 88 valence electrons. The van der Waals surface area contributed by atoms with Gasteiger partial charge in [-0.05, 0) is 12.1 Å². The van der Waals surface area contributed by atoms with E-state index in [0.717, 1.165) is 13.1 Å². The van der Waals surface area contributed by atoms with Crippen LogP contribution in [0.15, 0.2) is 36.7 Å². The molecule has 17 heavy (non-hydrogen) atoms. The number of nitrogens with zero attached hydrogens (tertiary/aromatic N) is 3. The smallest absolute Gasteiger partial charge is 0.213 e. The first-order chi connectivity index (χ1) is 8.43. The lowest BCUT2D eigenvalue weighted by Crippen LogP contribution is -2.36. The van der Waals surface area contributed by atoms with Crippen LogP contribution in [0, 0.1) is 0 Å². The molecule has 0 radical (unpaired) electrons. The highest BCUT2D eigenvalue weighted by Gasteiger charge is 2.20. The molecule has 0 bridgehead atoms. The van der Waals surface area contributed by atoms with Crippen molar-refractivity contribution in [3.63, 3.8) is 0 Å². The Kier molecular flexibility index (Phi) is 2.75. The number of hydrogen-bond donors (Lipinski definition) is 1. The quantitative estimate of drug-likeness (QED) is 0.854. The number of fused-ring (bicyclic) bond motifs is 1. The Morgan fingerprint density at radius 2 is 2.35 bits per heavy atom. The van der Waals surface area contributed by atoms with Crippen molar-refractivity contribution in [2.24, 2.45) is 0 Å². The van der Waals surface area contributed by atoms with Gasteiger partial charge in [-0.2, -0.15) is 5.10 Å². The first-order valence-electron chi connectivity index (χ1n) is 5.70. The zero-order valence-corrected chi connectivity index (χ0v) is 9.41. The number of hydrogen-bond acceptors (Lipinski definition) is 4. The number of ether oxygens (including phenoxy) is 1. The summed E-state index contributed by atoms with van der Waals surface area (Å²) in [6.07, 6.45) is 3.56. The summed E-state index contributed by atoms with van der Waals surface area (Å²) < 4.78 is 7.69. The molecule has 2 aromatic heterocycles. The van der Waals surface area contributed by atoms with Crippen LogP contribution in [0.3, 0.4) is 0 Å². The molecule has 1 aliphatic heterocycles. The molecule has 0 saturated heterocycles. The lowest BCUT2D eigenvalue weighted by molar-refractivity contribution is 0.212. The highest BCUT2D eigenvalue weighted by molar-refractivity contribution is 5.10. The van der Waals surface area contributed by atoms with Gasteiger partial charge in [0.05, 0.1) is 11.7 Å². The third-order valence-electron chi connectivity index (χ3n) is 2.85. The average Bonchev–Trinajstić information content (AvgIpc) is 2.86. The van der Waals surface area contributed by atoms with E-state index in [-0.39, 0.29) is 6.04 Å². The van der Waals surface area contributed by atoms with Crippen LogP contribution in [0.1, 0.15) is 11.7 Å². The Balaban J connectivity index is 1.68. The summed E-state index contributed by atoms with van der Waals surface area (Å²) >= 11 is 0. The van der Waals surface area contributed by atoms with Crippen LogP contribution in [-0.2, 0) is 6.54 Å². The van der Waals surface area contributed by atoms with Crippen molar-refractivity contribution < 1.29 is 4.74 Å². The maximum Gasteiger partial charge on any atom is 0.213 e. The average molecular weight is 230 g/mol. The molecule has 1 unspecified atom stereocenters. The van der Waals surface area contributed by atoms with E-state index in [1.165, 1.54) is 5.69 Å². The van der Waals surface area contributed by atoms with E-state index >= 15 is 0 Å². The van der Waals surface area contributed by atoms with Crippen molar-refractivity contribution in [2.45, 2.75) is 12.6 Å². The van der Waals surface area contributed by atoms with Crippen molar-refractivity contribution in [3.8, 4) is 5.88 Å². The molecular formula is C12H14N4O. The fourth-order valence-electron chi connectivity index (χ4n) is 2.01. The zero-order chi connectivity index (χ0) is 11.5. The molecule has 0 saturated carbocycles. The second-order valence-electron chi connectivity index (χ2n) is 4.03. The number of pyridine rings is 1. The van der Waals surface area contributed by atoms with Crippen molar-refractivity contribution >= 4 is 0 Å². The minimum atomic E-state index is 0.232. The fourth-order valence-corrected chi connectivity index (χ4v) is 2.01. The fraction of sp³-hybridized carbons (Fsp3) is 0.333. The summed E-state index contributed by atoms with van der Waals surface area (Å²) in [6, 6.07) is 7.91. The molecule has 2 aromatic rings. The summed E-state index contributed by atoms with van der Waals surface area (Å²) in [6.45, 7) is 2.33. The topological polar surface area (TPSA) is 52.0 Å². The number of aromatic nitrogens is 3. The van der Waals surface area contributed by atoms with E-state index in [1.807, 2.05) is 35.1 Å². The van der Waals surface area contributed by atoms with Gasteiger partial charge in [0.1, 0.15) is 6.61 Å². The standard InChI is InChI=1S/C12H14N4O/c1-2-5-14-12(3-1)17-9-11-8-13-7-10-4-6-15-16(10)11/h1-6,11,13H,7-9H2. The van der Waals surface area contributed by atoms with E-state index in [4.69, 9.17) is 4.74 Å². The van der Waals surface area contributed by atoms with Crippen molar-refractivity contribution in [3.05, 3.63) is 42.4 Å². The van der Waals surface area contributed by atoms with E-state index in [9.17, 15) is 0 Å². The predicted molar refractivity (Wildman–Crippen MR) is 62.7 cm³/mol. The van der Waals surface area contributed by atoms with Gasteiger partial charge in [-0.25, -0.2) is 4.98 Å². The second kappa shape index (κ2) is 4.55. The molecule has 3 rings (SSSR count). The minimum Gasteiger partial charge on any atom is -0.475 e. The lowest BCUT2D eigenvalue weighted by atomic mass is 10.2. The highest BCUT2D eigenvalue weighted by Crippen LogP contribution is 2.15. The molecule has 0 spiro atoms. The summed E-state index contributed by atoms with van der Waals surface area (Å²) in [4.78, 5) is 4.13. The van der Waals surface area contributed by atoms with Crippen LogP contribution in [-0.4, -0.2) is 27.9 Å². The first-order valence-corrected chi connectivity index (χ1v) is 5.70. The van der Waals surface area contributed by atoms with Gasteiger partial charge >= 0.3 is 0 Å². The van der Waals surface area contributed by atoms with Crippen LogP contribution in [0.4, 0.5) is 0 Å². The molecule has 0 amide bonds. The van der Waals surface area contributed by atoms with Crippen molar-refractivity contribution in [1.29, 1.82) is 0 Å². The molecule has 0 aliphatic carbocycles. The van der Waals surface area contributed by atoms with Crippen molar-refractivity contribution in [1.82, 2.24) is 20.1 Å². The normalized spacial score (nSPS) is 18.7. The number of rotatable bonds is 3. The summed E-state index contributed by atoms with van der Waals surface area (Å²) in [5.41, 5.74) is 1.20. The van der Waals surface area contributed by atoms with E-state index in [0.29, 0.717) is 12.5 Å². The lowest BCUT2D eigenvalue weighted by Gasteiger charge is -2.25. The van der Waals surface area contributed by atoms with Crippen LogP contribution in [0.25, 0.3) is 0 Å². The summed E-state index contributed by atoms with van der Waals surface area (Å²) in [5, 5.41) is 7.68. The van der Waals surface area contributed by atoms with E-state index < -0.39 is 0 Å². The van der Waals surface area contributed by atoms with Gasteiger partial charge in [0.2, 0.25) is 5.88 Å². The summed E-state index contributed by atoms with van der Waals surface area (Å²) in [5.74, 6) is 0.659. The third-order valence-corrected chi connectivity index (χ3v) is 2.85. The number of nitrogens with one attached hydrogen (secondary N) is 1. The van der Waals surface area contributed by atoms with Gasteiger partial charge in [0.15, 0.2) is 0 Å². The van der Waals surface area contributed by atoms with Gasteiger partial charge in [-0.1, -0.05) is 6.07 Å². The Hall–Kier alpha value is -1.88. The highest BCUT2D eigenvalue weighted by atomic mass is 16.5. The van der Waals surface area contributed by atoms with Crippen LogP contribution < -0.4 is 10.1 Å². The Labute approximate surface area is 99.4 Å². The predicted octanol–water partition coefficient (Wildman–Crippen LogP) is 1.00.